The van der Waals surface area contributed by atoms with Gasteiger partial charge in [0.2, 0.25) is 0 Å². The van der Waals surface area contributed by atoms with Gasteiger partial charge < -0.3 is 4.57 Å². The van der Waals surface area contributed by atoms with Crippen LogP contribution in [0.5, 0.6) is 0 Å². The summed E-state index contributed by atoms with van der Waals surface area (Å²) in [7, 11) is 0. The number of nitrogens with zero attached hydrogens (tertiary/aromatic N) is 2. The van der Waals surface area contributed by atoms with E-state index in [9.17, 15) is 13.6 Å². The van der Waals surface area contributed by atoms with Gasteiger partial charge in [-0.2, -0.15) is 0 Å². The van der Waals surface area contributed by atoms with Crippen molar-refractivity contribution in [2.24, 2.45) is 0 Å². The minimum Gasteiger partial charge on any atom is -0.338 e. The van der Waals surface area contributed by atoms with Crippen LogP contribution in [0.1, 0.15) is 10.5 Å². The first-order valence-electron chi connectivity index (χ1n) is 4.92. The van der Waals surface area contributed by atoms with Crippen molar-refractivity contribution in [2.75, 3.05) is 5.32 Å². The van der Waals surface area contributed by atoms with Crippen LogP contribution in [-0.2, 0) is 6.54 Å². The van der Waals surface area contributed by atoms with Crippen molar-refractivity contribution < 1.29 is 13.6 Å². The van der Waals surface area contributed by atoms with E-state index in [4.69, 9.17) is 0 Å². The lowest BCUT2D eigenvalue weighted by molar-refractivity contribution is 0.0998. The van der Waals surface area contributed by atoms with Gasteiger partial charge >= 0.3 is 0 Å². The van der Waals surface area contributed by atoms with Crippen molar-refractivity contribution in [3.05, 3.63) is 34.0 Å². The summed E-state index contributed by atoms with van der Waals surface area (Å²) in [6, 6.07) is 3.04. The highest BCUT2D eigenvalue weighted by Crippen LogP contribution is 2.23. The SMILES string of the molecule is O=C(Nc1ncc(Br)s1)c1cccn1CC(F)F. The highest BCUT2D eigenvalue weighted by atomic mass is 79.9. The van der Waals surface area contributed by atoms with Crippen LogP contribution in [-0.4, -0.2) is 21.9 Å². The lowest BCUT2D eigenvalue weighted by Gasteiger charge is -2.07. The number of carbonyl (C=O) groups excluding carboxylic acids is 1. The Bertz CT molecular complexity index is 555. The molecule has 0 spiro atoms. The summed E-state index contributed by atoms with van der Waals surface area (Å²) in [5.41, 5.74) is 0.182. The summed E-state index contributed by atoms with van der Waals surface area (Å²) in [5, 5.41) is 2.97. The molecule has 2 aromatic heterocycles. The van der Waals surface area contributed by atoms with Gasteiger partial charge in [-0.15, -0.1) is 0 Å². The molecule has 1 amide bonds. The number of halogens is 3. The summed E-state index contributed by atoms with van der Waals surface area (Å²) in [5.74, 6) is -0.456. The Hall–Kier alpha value is -1.28. The predicted molar refractivity (Wildman–Crippen MR) is 68.2 cm³/mol. The molecule has 0 aliphatic rings. The predicted octanol–water partition coefficient (Wildman–Crippen LogP) is 3.22. The van der Waals surface area contributed by atoms with E-state index in [1.165, 1.54) is 28.2 Å². The minimum atomic E-state index is -2.50. The average molecular weight is 336 g/mol. The zero-order valence-electron chi connectivity index (χ0n) is 8.94. The second-order valence-electron chi connectivity index (χ2n) is 3.36. The number of carbonyl (C=O) groups is 1. The lowest BCUT2D eigenvalue weighted by Crippen LogP contribution is -2.18. The summed E-state index contributed by atoms with van der Waals surface area (Å²) in [6.45, 7) is -0.503. The van der Waals surface area contributed by atoms with Gasteiger partial charge in [0.25, 0.3) is 12.3 Å². The Morgan fingerprint density at radius 2 is 2.39 bits per heavy atom. The van der Waals surface area contributed by atoms with Crippen LogP contribution >= 0.6 is 27.3 Å². The maximum absolute atomic E-state index is 12.3. The quantitative estimate of drug-likeness (QED) is 0.932. The molecule has 0 radical (unpaired) electrons. The summed E-state index contributed by atoms with van der Waals surface area (Å²) < 4.78 is 26.6. The number of alkyl halides is 2. The molecule has 0 unspecified atom stereocenters. The highest BCUT2D eigenvalue weighted by Gasteiger charge is 2.15. The molecule has 0 saturated carbocycles. The molecule has 0 aliphatic heterocycles. The number of hydrogen-bond donors (Lipinski definition) is 1. The molecular weight excluding hydrogens is 328 g/mol. The third-order valence-corrected chi connectivity index (χ3v) is 3.49. The number of rotatable bonds is 4. The van der Waals surface area contributed by atoms with Crippen LogP contribution in [0.4, 0.5) is 13.9 Å². The standard InChI is InChI=1S/C10H8BrF2N3OS/c11-7-4-14-10(18-7)15-9(17)6-2-1-3-16(6)5-8(12)13/h1-4,8H,5H2,(H,14,15,17). The largest absolute Gasteiger partial charge is 0.338 e. The first-order chi connectivity index (χ1) is 8.56. The maximum atomic E-state index is 12.3. The molecule has 0 saturated heterocycles. The molecule has 18 heavy (non-hydrogen) atoms. The van der Waals surface area contributed by atoms with Crippen LogP contribution < -0.4 is 5.32 Å². The number of aromatic nitrogens is 2. The molecule has 8 heteroatoms. The Morgan fingerprint density at radius 1 is 1.61 bits per heavy atom. The minimum absolute atomic E-state index is 0.182. The van der Waals surface area contributed by atoms with Crippen molar-refractivity contribution in [1.82, 2.24) is 9.55 Å². The number of thiazole rings is 1. The van der Waals surface area contributed by atoms with Gasteiger partial charge in [-0.25, -0.2) is 13.8 Å². The second-order valence-corrected chi connectivity index (χ2v) is 5.77. The van der Waals surface area contributed by atoms with E-state index < -0.39 is 18.9 Å². The molecule has 0 fully saturated rings. The fourth-order valence-electron chi connectivity index (χ4n) is 1.40. The normalized spacial score (nSPS) is 10.9. The topological polar surface area (TPSA) is 46.9 Å². The maximum Gasteiger partial charge on any atom is 0.274 e. The summed E-state index contributed by atoms with van der Waals surface area (Å²) in [4.78, 5) is 15.8. The van der Waals surface area contributed by atoms with E-state index in [1.807, 2.05) is 0 Å². The summed E-state index contributed by atoms with van der Waals surface area (Å²) >= 11 is 4.47. The number of nitrogens with one attached hydrogen (secondary N) is 1. The van der Waals surface area contributed by atoms with Crippen molar-refractivity contribution in [1.29, 1.82) is 0 Å². The van der Waals surface area contributed by atoms with Gasteiger partial charge in [0.15, 0.2) is 5.13 Å². The molecule has 4 nitrogen and oxygen atoms in total. The Morgan fingerprint density at radius 3 is 3.00 bits per heavy atom. The van der Waals surface area contributed by atoms with Crippen LogP contribution in [0.15, 0.2) is 28.3 Å². The van der Waals surface area contributed by atoms with Crippen LogP contribution in [0.25, 0.3) is 0 Å². The molecule has 0 aromatic carbocycles. The van der Waals surface area contributed by atoms with E-state index in [0.717, 1.165) is 3.79 Å². The number of amides is 1. The van der Waals surface area contributed by atoms with Gasteiger partial charge in [0.1, 0.15) is 5.69 Å². The van der Waals surface area contributed by atoms with Crippen LogP contribution in [0.2, 0.25) is 0 Å². The molecule has 0 aliphatic carbocycles. The lowest BCUT2D eigenvalue weighted by atomic mass is 10.4. The van der Waals surface area contributed by atoms with Gasteiger partial charge in [-0.1, -0.05) is 11.3 Å². The van der Waals surface area contributed by atoms with E-state index in [0.29, 0.717) is 5.13 Å². The zero-order chi connectivity index (χ0) is 13.1. The van der Waals surface area contributed by atoms with Gasteiger partial charge in [0.05, 0.1) is 16.5 Å². The molecule has 0 atom stereocenters. The summed E-state index contributed by atoms with van der Waals surface area (Å²) in [6.07, 6.45) is 0.495. The molecular formula is C10H8BrF2N3OS. The number of anilines is 1. The van der Waals surface area contributed by atoms with Gasteiger partial charge in [0, 0.05) is 6.20 Å². The molecule has 1 N–H and O–H groups in total. The van der Waals surface area contributed by atoms with Crippen molar-refractivity contribution in [2.45, 2.75) is 13.0 Å². The van der Waals surface area contributed by atoms with Crippen molar-refractivity contribution in [3.63, 3.8) is 0 Å². The van der Waals surface area contributed by atoms with E-state index in [2.05, 4.69) is 26.2 Å². The van der Waals surface area contributed by atoms with E-state index in [1.54, 1.807) is 12.3 Å². The second kappa shape index (κ2) is 5.57. The molecule has 2 rings (SSSR count). The Balaban J connectivity index is 2.11. The monoisotopic (exact) mass is 335 g/mol. The van der Waals surface area contributed by atoms with Crippen molar-refractivity contribution in [3.8, 4) is 0 Å². The average Bonchev–Trinajstić information content (AvgIpc) is 2.87. The van der Waals surface area contributed by atoms with Gasteiger partial charge in [-0.3, -0.25) is 10.1 Å². The first kappa shape index (κ1) is 13.2. The molecule has 0 bridgehead atoms. The Labute approximate surface area is 114 Å². The Kier molecular flexibility index (Phi) is 4.07. The highest BCUT2D eigenvalue weighted by molar-refractivity contribution is 9.11. The third-order valence-electron chi connectivity index (χ3n) is 2.09. The molecule has 2 heterocycles. The van der Waals surface area contributed by atoms with E-state index in [-0.39, 0.29) is 5.69 Å². The molecule has 2 aromatic rings. The zero-order valence-corrected chi connectivity index (χ0v) is 11.3. The van der Waals surface area contributed by atoms with Crippen molar-refractivity contribution >= 4 is 38.3 Å². The van der Waals surface area contributed by atoms with E-state index >= 15 is 0 Å². The van der Waals surface area contributed by atoms with Gasteiger partial charge in [-0.05, 0) is 28.1 Å². The van der Waals surface area contributed by atoms with Crippen LogP contribution in [0, 0.1) is 0 Å². The fourth-order valence-corrected chi connectivity index (χ4v) is 2.50. The fraction of sp³-hybridized carbons (Fsp3) is 0.200. The third kappa shape index (κ3) is 3.14. The smallest absolute Gasteiger partial charge is 0.274 e. The molecule has 96 valence electrons. The first-order valence-corrected chi connectivity index (χ1v) is 6.53. The van der Waals surface area contributed by atoms with Crippen LogP contribution in [0.3, 0.4) is 0 Å². The number of hydrogen-bond acceptors (Lipinski definition) is 3.